The monoisotopic (exact) mass is 219 g/mol. The number of thiol groups is 1. The van der Waals surface area contributed by atoms with Crippen molar-refractivity contribution in [2.45, 2.75) is 6.92 Å². The number of furan rings is 1. The molecule has 7 heteroatoms. The van der Waals surface area contributed by atoms with Crippen LogP contribution < -0.4 is 4.72 Å². The number of carbonyl (C=O) groups excluding carboxylic acids is 1. The molecule has 78 valence electrons. The third-order valence-electron chi connectivity index (χ3n) is 1.31. The predicted octanol–water partition coefficient (Wildman–Crippen LogP) is 0.395. The zero-order chi connectivity index (χ0) is 10.6. The molecule has 0 fully saturated rings. The lowest BCUT2D eigenvalue weighted by molar-refractivity contribution is 0.0525. The quantitative estimate of drug-likeness (QED) is 0.565. The highest BCUT2D eigenvalue weighted by atomic mass is 32.2. The Bertz CT molecular complexity index is 387. The number of esters is 1. The number of hydrogen-bond donors (Lipinski definition) is 2. The van der Waals surface area contributed by atoms with Gasteiger partial charge in [0.05, 0.1) is 6.61 Å². The minimum absolute atomic E-state index is 0.0100. The summed E-state index contributed by atoms with van der Waals surface area (Å²) in [6.07, 6.45) is 1.12. The summed E-state index contributed by atoms with van der Waals surface area (Å²) in [6.45, 7) is 1.92. The van der Waals surface area contributed by atoms with Gasteiger partial charge in [-0.2, -0.15) is 0 Å². The summed E-state index contributed by atoms with van der Waals surface area (Å²) < 4.78 is 31.9. The van der Waals surface area contributed by atoms with E-state index in [-0.39, 0.29) is 18.1 Å². The van der Waals surface area contributed by atoms with Crippen molar-refractivity contribution >= 4 is 22.7 Å². The van der Waals surface area contributed by atoms with E-state index in [0.717, 1.165) is 6.26 Å². The van der Waals surface area contributed by atoms with E-state index in [1.54, 1.807) is 6.92 Å². The second-order valence-electron chi connectivity index (χ2n) is 2.29. The molecule has 0 spiro atoms. The largest absolute Gasteiger partial charge is 0.462 e. The predicted molar refractivity (Wildman–Crippen MR) is 48.6 cm³/mol. The van der Waals surface area contributed by atoms with E-state index in [0.29, 0.717) is 0 Å². The second-order valence-corrected chi connectivity index (χ2v) is 3.03. The molecule has 6 nitrogen and oxygen atoms in total. The van der Waals surface area contributed by atoms with E-state index >= 15 is 0 Å². The minimum Gasteiger partial charge on any atom is -0.462 e. The number of hydrogen-bond acceptors (Lipinski definition) is 5. The Morgan fingerprint density at radius 1 is 1.64 bits per heavy atom. The van der Waals surface area contributed by atoms with E-state index in [4.69, 9.17) is 4.42 Å². The zero-order valence-corrected chi connectivity index (χ0v) is 8.24. The maximum atomic E-state index is 11.1. The van der Waals surface area contributed by atoms with Gasteiger partial charge in [-0.05, 0) is 6.92 Å². The average molecular weight is 219 g/mol. The molecule has 1 aromatic heterocycles. The highest BCUT2D eigenvalue weighted by molar-refractivity contribution is 7.73. The van der Waals surface area contributed by atoms with Gasteiger partial charge in [0.25, 0.3) is 0 Å². The first-order chi connectivity index (χ1) is 6.63. The maximum absolute atomic E-state index is 11.1. The fraction of sp³-hybridized carbons (Fsp3) is 0.286. The van der Waals surface area contributed by atoms with Crippen LogP contribution in [0.1, 0.15) is 17.3 Å². The Balaban J connectivity index is 2.72. The van der Waals surface area contributed by atoms with E-state index in [1.807, 2.05) is 4.72 Å². The molecule has 0 aliphatic heterocycles. The Labute approximate surface area is 81.9 Å². The lowest BCUT2D eigenvalue weighted by Crippen LogP contribution is -2.02. The fourth-order valence-corrected chi connectivity index (χ4v) is 1.10. The molecular weight excluding hydrogens is 210 g/mol. The number of carbonyl (C=O) groups is 1. The summed E-state index contributed by atoms with van der Waals surface area (Å²) in [4.78, 5) is 11.1. The molecule has 0 atom stereocenters. The number of nitrogens with one attached hydrogen (secondary N) is 1. The van der Waals surface area contributed by atoms with Crippen LogP contribution in [0.2, 0.25) is 0 Å². The molecule has 0 unspecified atom stereocenters. The third-order valence-corrected chi connectivity index (χ3v) is 1.72. The van der Waals surface area contributed by atoms with Crippen LogP contribution in [0, 0.1) is 0 Å². The first-order valence-corrected chi connectivity index (χ1v) is 4.98. The second kappa shape index (κ2) is 4.66. The van der Waals surface area contributed by atoms with E-state index in [9.17, 15) is 13.2 Å². The van der Waals surface area contributed by atoms with Crippen molar-refractivity contribution in [3.05, 3.63) is 17.9 Å². The molecule has 14 heavy (non-hydrogen) atoms. The Morgan fingerprint density at radius 3 is 2.93 bits per heavy atom. The Hall–Kier alpha value is -1.50. The molecule has 0 aliphatic carbocycles. The van der Waals surface area contributed by atoms with E-state index in [2.05, 4.69) is 4.74 Å². The van der Waals surface area contributed by atoms with Gasteiger partial charge in [0.15, 0.2) is 0 Å². The summed E-state index contributed by atoms with van der Waals surface area (Å²) in [5, 5.41) is 0. The molecule has 1 N–H and O–H groups in total. The lowest BCUT2D eigenvalue weighted by atomic mass is 10.3. The van der Waals surface area contributed by atoms with Crippen LogP contribution in [0.4, 0.5) is 5.88 Å². The summed E-state index contributed by atoms with van der Waals surface area (Å²) in [5.41, 5.74) is 0.172. The molecule has 0 amide bonds. The van der Waals surface area contributed by atoms with Gasteiger partial charge in [0.2, 0.25) is 16.8 Å². The van der Waals surface area contributed by atoms with Crippen LogP contribution in [0.5, 0.6) is 0 Å². The van der Waals surface area contributed by atoms with Crippen molar-refractivity contribution < 1.29 is 22.4 Å². The fourth-order valence-electron chi connectivity index (χ4n) is 0.806. The van der Waals surface area contributed by atoms with Gasteiger partial charge in [-0.3, -0.25) is 4.72 Å². The standard InChI is InChI=1S/C7H9NO5S/c1-2-12-7(9)5-3-6(13-4-5)8-14(10)11/h3-4,14H,2H2,1H3,(H,8,10,11). The van der Waals surface area contributed by atoms with Gasteiger partial charge >= 0.3 is 5.97 Å². The Morgan fingerprint density at radius 2 is 2.36 bits per heavy atom. The van der Waals surface area contributed by atoms with Crippen LogP contribution >= 0.6 is 0 Å². The molecule has 1 heterocycles. The van der Waals surface area contributed by atoms with Crippen LogP contribution in [0.15, 0.2) is 16.7 Å². The summed E-state index contributed by atoms with van der Waals surface area (Å²) in [6, 6.07) is 1.25. The lowest BCUT2D eigenvalue weighted by Gasteiger charge is -1.95. The molecule has 0 radical (unpaired) electrons. The number of rotatable bonds is 4. The molecule has 0 aromatic carbocycles. The number of anilines is 1. The zero-order valence-electron chi connectivity index (χ0n) is 7.35. The van der Waals surface area contributed by atoms with Crippen molar-refractivity contribution in [3.63, 3.8) is 0 Å². The first kappa shape index (κ1) is 10.6. The first-order valence-electron chi connectivity index (χ1n) is 3.80. The average Bonchev–Trinajstić information content (AvgIpc) is 2.52. The Kier molecular flexibility index (Phi) is 3.52. The number of ether oxygens (including phenoxy) is 1. The van der Waals surface area contributed by atoms with Gasteiger partial charge in [0.1, 0.15) is 11.8 Å². The molecule has 0 bridgehead atoms. The van der Waals surface area contributed by atoms with Gasteiger partial charge in [0, 0.05) is 6.07 Å². The van der Waals surface area contributed by atoms with Crippen molar-refractivity contribution in [1.29, 1.82) is 0 Å². The SMILES string of the molecule is CCOC(=O)c1coc(N[SH](=O)=O)c1. The molecule has 0 saturated carbocycles. The molecule has 1 rings (SSSR count). The smallest absolute Gasteiger partial charge is 0.341 e. The summed E-state index contributed by atoms with van der Waals surface area (Å²) in [7, 11) is -2.79. The summed E-state index contributed by atoms with van der Waals surface area (Å²) in [5.74, 6) is -0.561. The molecule has 0 saturated heterocycles. The van der Waals surface area contributed by atoms with Gasteiger partial charge in [-0.25, -0.2) is 13.2 Å². The topological polar surface area (TPSA) is 85.6 Å². The van der Waals surface area contributed by atoms with Crippen LogP contribution in [-0.2, 0) is 15.6 Å². The highest BCUT2D eigenvalue weighted by Gasteiger charge is 2.10. The summed E-state index contributed by atoms with van der Waals surface area (Å²) >= 11 is 0. The van der Waals surface area contributed by atoms with Gasteiger partial charge < -0.3 is 9.15 Å². The third kappa shape index (κ3) is 2.77. The molecule has 1 aromatic rings. The minimum atomic E-state index is -2.79. The van der Waals surface area contributed by atoms with Crippen molar-refractivity contribution in [2.75, 3.05) is 11.3 Å². The maximum Gasteiger partial charge on any atom is 0.341 e. The van der Waals surface area contributed by atoms with Gasteiger partial charge in [-0.1, -0.05) is 0 Å². The van der Waals surface area contributed by atoms with E-state index < -0.39 is 16.9 Å². The van der Waals surface area contributed by atoms with Crippen LogP contribution in [-0.4, -0.2) is 21.0 Å². The van der Waals surface area contributed by atoms with Gasteiger partial charge in [-0.15, -0.1) is 0 Å². The highest BCUT2D eigenvalue weighted by Crippen LogP contribution is 2.13. The van der Waals surface area contributed by atoms with Crippen molar-refractivity contribution in [1.82, 2.24) is 0 Å². The van der Waals surface area contributed by atoms with Crippen LogP contribution in [0.25, 0.3) is 0 Å². The van der Waals surface area contributed by atoms with Crippen LogP contribution in [0.3, 0.4) is 0 Å². The molecular formula is C7H9NO5S. The van der Waals surface area contributed by atoms with Crippen molar-refractivity contribution in [2.24, 2.45) is 0 Å². The van der Waals surface area contributed by atoms with Crippen molar-refractivity contribution in [3.8, 4) is 0 Å². The van der Waals surface area contributed by atoms with E-state index in [1.165, 1.54) is 6.07 Å². The molecule has 0 aliphatic rings. The normalized spacial score (nSPS) is 10.1.